The number of pyridine rings is 1. The van der Waals surface area contributed by atoms with Crippen LogP contribution in [0.5, 0.6) is 0 Å². The van der Waals surface area contributed by atoms with Crippen molar-refractivity contribution in [3.8, 4) is 0 Å². The number of anilines is 1. The van der Waals surface area contributed by atoms with Gasteiger partial charge in [0, 0.05) is 6.20 Å². The van der Waals surface area contributed by atoms with Gasteiger partial charge in [-0.05, 0) is 28.7 Å². The first-order valence-electron chi connectivity index (χ1n) is 4.30. The average Bonchev–Trinajstić information content (AvgIpc) is 2.16. The lowest BCUT2D eigenvalue weighted by Gasteiger charge is -2.22. The summed E-state index contributed by atoms with van der Waals surface area (Å²) in [6.45, 7) is 0. The topological polar surface area (TPSA) is 96.4 Å². The van der Waals surface area contributed by atoms with Gasteiger partial charge < -0.3 is 0 Å². The van der Waals surface area contributed by atoms with Gasteiger partial charge in [0.1, 0.15) is 5.15 Å². The maximum absolute atomic E-state index is 11.6. The van der Waals surface area contributed by atoms with E-state index >= 15 is 0 Å². The van der Waals surface area contributed by atoms with Crippen LogP contribution in [0.15, 0.2) is 12.3 Å². The molecule has 0 bridgehead atoms. The van der Waals surface area contributed by atoms with E-state index in [-0.39, 0.29) is 10.8 Å². The summed E-state index contributed by atoms with van der Waals surface area (Å²) in [5.74, 6) is 0. The predicted octanol–water partition coefficient (Wildman–Crippen LogP) is 0.570. The monoisotopic (exact) mass is 425 g/mol. The van der Waals surface area contributed by atoms with Gasteiger partial charge in [0.15, 0.2) is 0 Å². The zero-order chi connectivity index (χ0) is 14.1. The molecule has 0 amide bonds. The lowest BCUT2D eigenvalue weighted by molar-refractivity contribution is 0.576. The molecule has 0 unspecified atom stereocenters. The summed E-state index contributed by atoms with van der Waals surface area (Å²) in [6, 6.07) is 1.34. The van der Waals surface area contributed by atoms with E-state index in [1.54, 1.807) is 22.6 Å². The van der Waals surface area contributed by atoms with Crippen molar-refractivity contribution in [3.63, 3.8) is 0 Å². The molecular formula is C7H9ClIN3O4S2. The average molecular weight is 426 g/mol. The van der Waals surface area contributed by atoms with Gasteiger partial charge in [-0.3, -0.25) is 0 Å². The minimum Gasteiger partial charge on any atom is -0.243 e. The van der Waals surface area contributed by atoms with E-state index in [0.717, 1.165) is 12.5 Å². The van der Waals surface area contributed by atoms with Crippen LogP contribution in [0.3, 0.4) is 0 Å². The van der Waals surface area contributed by atoms with Crippen LogP contribution >= 0.6 is 34.2 Å². The van der Waals surface area contributed by atoms with Crippen LogP contribution in [0.2, 0.25) is 5.15 Å². The molecule has 0 fully saturated rings. The molecule has 1 aromatic heterocycles. The first-order chi connectivity index (χ1) is 8.02. The van der Waals surface area contributed by atoms with Crippen LogP contribution in [0.25, 0.3) is 0 Å². The Kier molecular flexibility index (Phi) is 4.81. The van der Waals surface area contributed by atoms with E-state index in [1.807, 2.05) is 4.83 Å². The van der Waals surface area contributed by atoms with Crippen LogP contribution in [0.1, 0.15) is 0 Å². The first-order valence-corrected chi connectivity index (χ1v) is 9.50. The molecule has 1 heterocycles. The van der Waals surface area contributed by atoms with Crippen molar-refractivity contribution in [3.05, 3.63) is 21.0 Å². The molecule has 0 saturated heterocycles. The van der Waals surface area contributed by atoms with E-state index in [1.165, 1.54) is 12.3 Å². The predicted molar refractivity (Wildman–Crippen MR) is 77.3 cm³/mol. The molecule has 102 valence electrons. The fraction of sp³-hybridized carbons (Fsp3) is 0.286. The second-order valence-corrected chi connectivity index (χ2v) is 8.32. The summed E-state index contributed by atoms with van der Waals surface area (Å²) in [7, 11) is -7.59. The van der Waals surface area contributed by atoms with E-state index in [2.05, 4.69) is 4.98 Å². The highest BCUT2D eigenvalue weighted by Gasteiger charge is 2.24. The highest BCUT2D eigenvalue weighted by Crippen LogP contribution is 2.27. The number of nitrogens with zero attached hydrogens (tertiary/aromatic N) is 2. The van der Waals surface area contributed by atoms with Gasteiger partial charge in [-0.2, -0.15) is 4.41 Å². The molecule has 0 radical (unpaired) electrons. The molecule has 1 aromatic rings. The Morgan fingerprint density at radius 2 is 1.89 bits per heavy atom. The largest absolute Gasteiger partial charge is 0.246 e. The van der Waals surface area contributed by atoms with E-state index in [9.17, 15) is 16.8 Å². The Labute approximate surface area is 124 Å². The van der Waals surface area contributed by atoms with Crippen molar-refractivity contribution >= 4 is 59.9 Å². The Hall–Kier alpha value is -0.170. The Morgan fingerprint density at radius 1 is 1.33 bits per heavy atom. The maximum atomic E-state index is 11.6. The molecule has 0 aliphatic carbocycles. The third-order valence-electron chi connectivity index (χ3n) is 1.63. The second kappa shape index (κ2) is 5.45. The van der Waals surface area contributed by atoms with Gasteiger partial charge in [0.05, 0.1) is 21.8 Å². The Morgan fingerprint density at radius 3 is 2.33 bits per heavy atom. The molecule has 0 saturated carbocycles. The second-order valence-electron chi connectivity index (χ2n) is 3.33. The van der Waals surface area contributed by atoms with Gasteiger partial charge in [0.2, 0.25) is 20.0 Å². The number of hydrogen-bond acceptors (Lipinski definition) is 5. The first kappa shape index (κ1) is 15.9. The van der Waals surface area contributed by atoms with Crippen LogP contribution in [0, 0.1) is 3.57 Å². The maximum Gasteiger partial charge on any atom is 0.246 e. The van der Waals surface area contributed by atoms with E-state index in [4.69, 9.17) is 11.6 Å². The van der Waals surface area contributed by atoms with Gasteiger partial charge >= 0.3 is 0 Å². The molecule has 1 N–H and O–H groups in total. The summed E-state index contributed by atoms with van der Waals surface area (Å²) in [5, 5.41) is 0.0806. The minimum absolute atomic E-state index is 0.0806. The molecule has 1 rings (SSSR count). The number of nitrogens with one attached hydrogen (secondary N) is 1. The Balaban J connectivity index is 3.41. The molecule has 7 nitrogen and oxygen atoms in total. The number of hydrogen-bond donors (Lipinski definition) is 1. The third kappa shape index (κ3) is 4.19. The van der Waals surface area contributed by atoms with Gasteiger partial charge in [-0.1, -0.05) is 11.6 Å². The fourth-order valence-electron chi connectivity index (χ4n) is 1.01. The van der Waals surface area contributed by atoms with Crippen molar-refractivity contribution in [1.29, 1.82) is 0 Å². The molecular weight excluding hydrogens is 417 g/mol. The van der Waals surface area contributed by atoms with Crippen molar-refractivity contribution in [1.82, 2.24) is 9.82 Å². The highest BCUT2D eigenvalue weighted by atomic mass is 127. The number of sulfonamides is 2. The smallest absolute Gasteiger partial charge is 0.243 e. The van der Waals surface area contributed by atoms with Crippen LogP contribution in [0.4, 0.5) is 5.69 Å². The Bertz CT molecular complexity index is 661. The molecule has 11 heteroatoms. The number of halogens is 2. The molecule has 0 aromatic carbocycles. The third-order valence-corrected chi connectivity index (χ3v) is 4.88. The van der Waals surface area contributed by atoms with Crippen LogP contribution in [-0.4, -0.2) is 34.3 Å². The summed E-state index contributed by atoms with van der Waals surface area (Å²) >= 11 is 7.54. The van der Waals surface area contributed by atoms with Crippen molar-refractivity contribution in [2.45, 2.75) is 0 Å². The number of rotatable bonds is 4. The quantitative estimate of drug-likeness (QED) is 0.432. The zero-order valence-electron chi connectivity index (χ0n) is 9.25. The minimum atomic E-state index is -3.84. The number of aromatic nitrogens is 1. The van der Waals surface area contributed by atoms with E-state index in [0.29, 0.717) is 7.98 Å². The fourth-order valence-corrected chi connectivity index (χ4v) is 3.75. The highest BCUT2D eigenvalue weighted by molar-refractivity contribution is 14.1. The zero-order valence-corrected chi connectivity index (χ0v) is 13.8. The molecule has 0 aliphatic rings. The summed E-state index contributed by atoms with van der Waals surface area (Å²) in [6.07, 6.45) is 3.00. The van der Waals surface area contributed by atoms with Crippen molar-refractivity contribution in [2.75, 3.05) is 16.9 Å². The molecule has 0 atom stereocenters. The lowest BCUT2D eigenvalue weighted by atomic mass is 10.4. The standard InChI is InChI=1S/C7H9ClIN3O4S2/c1-17(13,14)11-12(18(2,15)16)5-3-4-10-7(8)6(5)9/h3-4,11H,1-2H3. The van der Waals surface area contributed by atoms with E-state index < -0.39 is 20.0 Å². The summed E-state index contributed by atoms with van der Waals surface area (Å²) < 4.78 is 46.4. The van der Waals surface area contributed by atoms with Crippen LogP contribution < -0.4 is 9.25 Å². The summed E-state index contributed by atoms with van der Waals surface area (Å²) in [5.41, 5.74) is 0.0866. The van der Waals surface area contributed by atoms with Gasteiger partial charge in [0.25, 0.3) is 0 Å². The molecule has 0 aliphatic heterocycles. The molecule has 18 heavy (non-hydrogen) atoms. The summed E-state index contributed by atoms with van der Waals surface area (Å²) in [4.78, 5) is 5.67. The lowest BCUT2D eigenvalue weighted by Crippen LogP contribution is -2.45. The van der Waals surface area contributed by atoms with Crippen molar-refractivity contribution in [2.24, 2.45) is 0 Å². The molecule has 0 spiro atoms. The number of hydrazine groups is 1. The van der Waals surface area contributed by atoms with Crippen LogP contribution in [-0.2, 0) is 20.0 Å². The van der Waals surface area contributed by atoms with Crippen molar-refractivity contribution < 1.29 is 16.8 Å². The normalized spacial score (nSPS) is 12.4. The SMILES string of the molecule is CS(=O)(=O)NN(c1ccnc(Cl)c1I)S(C)(=O)=O. The van der Waals surface area contributed by atoms with Gasteiger partial charge in [-0.15, -0.1) is 4.83 Å². The van der Waals surface area contributed by atoms with Gasteiger partial charge in [-0.25, -0.2) is 21.8 Å².